The molecule has 4 aromatic heterocycles. The standard InChI is InChI=1S/C58H36N4O/c1-5-15-37(16-6-1)56-55-49-36-42(28-32-54(49)63-58(55)60-57(59-56)38-17-7-2-8-18-38)41-27-31-53-48(35-41)47-34-40(26-30-52(47)62(53)44-21-11-4-12-22-44)39-25-29-51-46(33-39)45-23-13-14-24-50(45)61(51)43-19-9-3-10-20-43/h1-36H. The van der Waals surface area contributed by atoms with Crippen LogP contribution in [0.2, 0.25) is 0 Å². The average molecular weight is 805 g/mol. The molecule has 294 valence electrons. The molecule has 63 heavy (non-hydrogen) atoms. The molecule has 0 radical (unpaired) electrons. The van der Waals surface area contributed by atoms with Gasteiger partial charge in [0, 0.05) is 49.4 Å². The maximum atomic E-state index is 6.52. The van der Waals surface area contributed by atoms with E-state index in [-0.39, 0.29) is 0 Å². The molecule has 0 unspecified atom stereocenters. The second-order valence-electron chi connectivity index (χ2n) is 16.2. The van der Waals surface area contributed by atoms with Crippen molar-refractivity contribution in [3.63, 3.8) is 0 Å². The third kappa shape index (κ3) is 5.64. The van der Waals surface area contributed by atoms with Crippen molar-refractivity contribution in [1.82, 2.24) is 19.1 Å². The zero-order valence-electron chi connectivity index (χ0n) is 34.0. The molecule has 5 nitrogen and oxygen atoms in total. The number of furan rings is 1. The topological polar surface area (TPSA) is 48.8 Å². The van der Waals surface area contributed by atoms with E-state index in [1.807, 2.05) is 36.4 Å². The largest absolute Gasteiger partial charge is 0.438 e. The fraction of sp³-hybridized carbons (Fsp3) is 0. The Morgan fingerprint density at radius 2 is 0.746 bits per heavy atom. The van der Waals surface area contributed by atoms with Crippen LogP contribution < -0.4 is 0 Å². The molecule has 0 atom stereocenters. The highest BCUT2D eigenvalue weighted by atomic mass is 16.3. The first-order valence-corrected chi connectivity index (χ1v) is 21.3. The maximum Gasteiger partial charge on any atom is 0.231 e. The van der Waals surface area contributed by atoms with Gasteiger partial charge >= 0.3 is 0 Å². The van der Waals surface area contributed by atoms with Crippen molar-refractivity contribution >= 4 is 65.7 Å². The summed E-state index contributed by atoms with van der Waals surface area (Å²) in [6.45, 7) is 0. The Bertz CT molecular complexity index is 3890. The number of hydrogen-bond acceptors (Lipinski definition) is 3. The molecule has 0 N–H and O–H groups in total. The lowest BCUT2D eigenvalue weighted by Gasteiger charge is -2.09. The lowest BCUT2D eigenvalue weighted by Crippen LogP contribution is -1.93. The smallest absolute Gasteiger partial charge is 0.231 e. The van der Waals surface area contributed by atoms with Gasteiger partial charge in [-0.25, -0.2) is 4.98 Å². The first-order valence-electron chi connectivity index (χ1n) is 21.3. The van der Waals surface area contributed by atoms with Gasteiger partial charge < -0.3 is 13.6 Å². The van der Waals surface area contributed by atoms with Crippen LogP contribution in [0.25, 0.3) is 122 Å². The van der Waals surface area contributed by atoms with Crippen molar-refractivity contribution in [3.05, 3.63) is 218 Å². The summed E-state index contributed by atoms with van der Waals surface area (Å²) in [5.41, 5.74) is 15.7. The van der Waals surface area contributed by atoms with Crippen molar-refractivity contribution in [2.75, 3.05) is 0 Å². The van der Waals surface area contributed by atoms with E-state index in [9.17, 15) is 0 Å². The number of hydrogen-bond donors (Lipinski definition) is 0. The highest BCUT2D eigenvalue weighted by Crippen LogP contribution is 2.42. The summed E-state index contributed by atoms with van der Waals surface area (Å²) in [6, 6.07) is 77.6. The molecular formula is C58H36N4O. The summed E-state index contributed by atoms with van der Waals surface area (Å²) in [7, 11) is 0. The predicted octanol–water partition coefficient (Wildman–Crippen LogP) is 15.2. The van der Waals surface area contributed by atoms with E-state index in [4.69, 9.17) is 14.4 Å². The molecule has 0 aliphatic carbocycles. The second-order valence-corrected chi connectivity index (χ2v) is 16.2. The molecule has 4 heterocycles. The number of benzene rings is 9. The number of para-hydroxylation sites is 3. The first kappa shape index (κ1) is 35.2. The summed E-state index contributed by atoms with van der Waals surface area (Å²) < 4.78 is 11.3. The van der Waals surface area contributed by atoms with Crippen LogP contribution in [0.3, 0.4) is 0 Å². The molecule has 5 heteroatoms. The first-order chi connectivity index (χ1) is 31.2. The fourth-order valence-corrected chi connectivity index (χ4v) is 9.62. The van der Waals surface area contributed by atoms with Gasteiger partial charge in [0.05, 0.1) is 33.1 Å². The number of aromatic nitrogens is 4. The van der Waals surface area contributed by atoms with Crippen LogP contribution in [0.4, 0.5) is 0 Å². The predicted molar refractivity (Wildman–Crippen MR) is 260 cm³/mol. The quantitative estimate of drug-likeness (QED) is 0.168. The minimum atomic E-state index is 0.576. The summed E-state index contributed by atoms with van der Waals surface area (Å²) in [5, 5.41) is 6.76. The number of nitrogens with zero attached hydrogens (tertiary/aromatic N) is 4. The highest BCUT2D eigenvalue weighted by molar-refractivity contribution is 6.15. The van der Waals surface area contributed by atoms with Gasteiger partial charge in [0.2, 0.25) is 5.71 Å². The minimum Gasteiger partial charge on any atom is -0.438 e. The molecule has 0 saturated carbocycles. The van der Waals surface area contributed by atoms with Crippen LogP contribution in [0.15, 0.2) is 223 Å². The average Bonchev–Trinajstić information content (AvgIpc) is 4.01. The van der Waals surface area contributed by atoms with Crippen LogP contribution in [-0.4, -0.2) is 19.1 Å². The Morgan fingerprint density at radius 3 is 1.30 bits per heavy atom. The van der Waals surface area contributed by atoms with Crippen molar-refractivity contribution in [2.24, 2.45) is 0 Å². The van der Waals surface area contributed by atoms with Crippen molar-refractivity contribution in [3.8, 4) is 56.3 Å². The lowest BCUT2D eigenvalue weighted by atomic mass is 9.98. The number of rotatable bonds is 6. The zero-order chi connectivity index (χ0) is 41.4. The Hall–Kier alpha value is -8.54. The molecule has 0 amide bonds. The fourth-order valence-electron chi connectivity index (χ4n) is 9.62. The molecular weight excluding hydrogens is 769 g/mol. The molecule has 0 spiro atoms. The van der Waals surface area contributed by atoms with Crippen LogP contribution in [-0.2, 0) is 0 Å². The SMILES string of the molecule is c1ccc(-c2nc(-c3ccccc3)c3c(n2)oc2ccc(-c4ccc5c(c4)c4cc(-c6ccc7c(c6)c6ccccc6n7-c6ccccc6)ccc4n5-c4ccccc4)cc23)cc1. The van der Waals surface area contributed by atoms with Gasteiger partial charge in [-0.15, -0.1) is 0 Å². The summed E-state index contributed by atoms with van der Waals surface area (Å²) in [5.74, 6) is 0.639. The van der Waals surface area contributed by atoms with E-state index in [1.54, 1.807) is 0 Å². The van der Waals surface area contributed by atoms with E-state index < -0.39 is 0 Å². The van der Waals surface area contributed by atoms with E-state index in [2.05, 4.69) is 191 Å². The Morgan fingerprint density at radius 1 is 0.317 bits per heavy atom. The summed E-state index contributed by atoms with van der Waals surface area (Å²) in [6.07, 6.45) is 0. The van der Waals surface area contributed by atoms with Gasteiger partial charge in [-0.3, -0.25) is 0 Å². The lowest BCUT2D eigenvalue weighted by molar-refractivity contribution is 0.653. The minimum absolute atomic E-state index is 0.576. The van der Waals surface area contributed by atoms with E-state index in [0.717, 1.165) is 66.7 Å². The van der Waals surface area contributed by atoms with Gasteiger partial charge in [-0.05, 0) is 101 Å². The molecule has 13 aromatic rings. The van der Waals surface area contributed by atoms with Gasteiger partial charge in [0.25, 0.3) is 0 Å². The second kappa shape index (κ2) is 14.0. The van der Waals surface area contributed by atoms with Gasteiger partial charge in [-0.1, -0.05) is 140 Å². The molecule has 0 aliphatic heterocycles. The Labute approximate surface area is 362 Å². The maximum absolute atomic E-state index is 6.52. The van der Waals surface area contributed by atoms with Crippen molar-refractivity contribution < 1.29 is 4.42 Å². The monoisotopic (exact) mass is 804 g/mol. The third-order valence-corrected chi connectivity index (χ3v) is 12.5. The van der Waals surface area contributed by atoms with E-state index in [0.29, 0.717) is 11.5 Å². The Balaban J connectivity index is 0.993. The van der Waals surface area contributed by atoms with Gasteiger partial charge in [0.1, 0.15) is 5.58 Å². The van der Waals surface area contributed by atoms with Crippen molar-refractivity contribution in [2.45, 2.75) is 0 Å². The van der Waals surface area contributed by atoms with Crippen LogP contribution in [0.1, 0.15) is 0 Å². The molecule has 0 aliphatic rings. The van der Waals surface area contributed by atoms with Crippen molar-refractivity contribution in [1.29, 1.82) is 0 Å². The summed E-state index contributed by atoms with van der Waals surface area (Å²) in [4.78, 5) is 10.2. The van der Waals surface area contributed by atoms with E-state index in [1.165, 1.54) is 43.7 Å². The normalized spacial score (nSPS) is 11.8. The molecule has 0 bridgehead atoms. The van der Waals surface area contributed by atoms with Crippen LogP contribution >= 0.6 is 0 Å². The van der Waals surface area contributed by atoms with E-state index >= 15 is 0 Å². The van der Waals surface area contributed by atoms with Gasteiger partial charge in [0.15, 0.2) is 5.82 Å². The molecule has 0 fully saturated rings. The zero-order valence-corrected chi connectivity index (χ0v) is 34.0. The molecule has 0 saturated heterocycles. The van der Waals surface area contributed by atoms with Gasteiger partial charge in [-0.2, -0.15) is 4.98 Å². The Kier molecular flexibility index (Phi) is 7.84. The summed E-state index contributed by atoms with van der Waals surface area (Å²) >= 11 is 0. The third-order valence-electron chi connectivity index (χ3n) is 12.5. The highest BCUT2D eigenvalue weighted by Gasteiger charge is 2.21. The number of fused-ring (bicyclic) bond motifs is 9. The molecule has 9 aromatic carbocycles. The van der Waals surface area contributed by atoms with Crippen LogP contribution in [0, 0.1) is 0 Å². The van der Waals surface area contributed by atoms with Crippen LogP contribution in [0.5, 0.6) is 0 Å². The molecule has 13 rings (SSSR count).